The number of rotatable bonds is 11. The second-order valence-electron chi connectivity index (χ2n) is 13.0. The number of nitrogens with one attached hydrogen (secondary N) is 1. The molecule has 2 amide bonds. The van der Waals surface area contributed by atoms with Crippen LogP contribution in [0.15, 0.2) is 53.1 Å². The quantitative estimate of drug-likeness (QED) is 0.305. The van der Waals surface area contributed by atoms with Crippen LogP contribution in [-0.2, 0) is 30.2 Å². The number of carbonyl (C=O) groups is 3. The highest BCUT2D eigenvalue weighted by Crippen LogP contribution is 2.31. The Morgan fingerprint density at radius 1 is 1.00 bits per heavy atom. The van der Waals surface area contributed by atoms with Crippen molar-refractivity contribution in [2.75, 3.05) is 45.8 Å². The molecule has 2 saturated heterocycles. The fourth-order valence-electron chi connectivity index (χ4n) is 7.38. The zero-order valence-electron chi connectivity index (χ0n) is 27.0. The van der Waals surface area contributed by atoms with Crippen LogP contribution in [0.3, 0.4) is 0 Å². The summed E-state index contributed by atoms with van der Waals surface area (Å²) in [6.45, 7) is 4.59. The predicted molar refractivity (Wildman–Crippen MR) is 174 cm³/mol. The first-order valence-corrected chi connectivity index (χ1v) is 16.4. The fraction of sp³-hybridized carbons (Fsp3) is 0.528. The van der Waals surface area contributed by atoms with Gasteiger partial charge in [0, 0.05) is 56.9 Å². The Morgan fingerprint density at radius 3 is 2.43 bits per heavy atom. The first kappa shape index (κ1) is 32.4. The summed E-state index contributed by atoms with van der Waals surface area (Å²) in [4.78, 5) is 42.6. The number of hydrogen-bond acceptors (Lipinski definition) is 8. The van der Waals surface area contributed by atoms with Crippen molar-refractivity contribution in [2.45, 2.75) is 75.8 Å². The Hall–Kier alpha value is -3.57. The van der Waals surface area contributed by atoms with Gasteiger partial charge in [-0.3, -0.25) is 14.5 Å². The average Bonchev–Trinajstić information content (AvgIpc) is 3.82. The summed E-state index contributed by atoms with van der Waals surface area (Å²) in [7, 11) is 3.44. The Morgan fingerprint density at radius 2 is 1.74 bits per heavy atom. The summed E-state index contributed by atoms with van der Waals surface area (Å²) >= 11 is 0. The molecule has 1 saturated carbocycles. The normalized spacial score (nSPS) is 26.9. The zero-order chi connectivity index (χ0) is 32.2. The van der Waals surface area contributed by atoms with E-state index in [4.69, 9.17) is 18.6 Å². The average molecular weight is 632 g/mol. The van der Waals surface area contributed by atoms with Crippen LogP contribution in [0.5, 0.6) is 0 Å². The fourth-order valence-corrected chi connectivity index (χ4v) is 7.38. The molecule has 3 fully saturated rings. The molecular weight excluding hydrogens is 586 g/mol. The summed E-state index contributed by atoms with van der Waals surface area (Å²) in [5.74, 6) is -0.0384. The van der Waals surface area contributed by atoms with E-state index >= 15 is 0 Å². The molecule has 10 nitrogen and oxygen atoms in total. The third-order valence-electron chi connectivity index (χ3n) is 10.1. The number of methoxy groups -OCH3 is 2. The summed E-state index contributed by atoms with van der Waals surface area (Å²) in [6, 6.07) is 13.3. The SMILES string of the molecule is CO[C@H]1CN([C@H]2C[C@@H](COC3CCC(C=O)CC3)N(C(=O)Cc3ccc(NC(=O)c4coc5ccccc45)c(C)c3)C2)C[C@H]1OC. The van der Waals surface area contributed by atoms with Gasteiger partial charge in [0.15, 0.2) is 0 Å². The first-order valence-electron chi connectivity index (χ1n) is 16.4. The molecule has 0 radical (unpaired) electrons. The molecule has 10 heteroatoms. The van der Waals surface area contributed by atoms with Gasteiger partial charge in [-0.2, -0.15) is 0 Å². The van der Waals surface area contributed by atoms with Crippen molar-refractivity contribution in [3.05, 3.63) is 65.4 Å². The molecule has 6 rings (SSSR count). The number of likely N-dealkylation sites (tertiary alicyclic amines) is 2. The van der Waals surface area contributed by atoms with Crippen LogP contribution in [-0.4, -0.2) is 98.8 Å². The van der Waals surface area contributed by atoms with Crippen molar-refractivity contribution in [1.82, 2.24) is 9.80 Å². The van der Waals surface area contributed by atoms with Crippen LogP contribution >= 0.6 is 0 Å². The van der Waals surface area contributed by atoms with Crippen molar-refractivity contribution in [1.29, 1.82) is 0 Å². The van der Waals surface area contributed by atoms with Crippen LogP contribution in [0.4, 0.5) is 5.69 Å². The van der Waals surface area contributed by atoms with Gasteiger partial charge in [-0.25, -0.2) is 0 Å². The molecule has 4 atom stereocenters. The van der Waals surface area contributed by atoms with E-state index in [2.05, 4.69) is 10.2 Å². The van der Waals surface area contributed by atoms with Crippen molar-refractivity contribution in [3.63, 3.8) is 0 Å². The summed E-state index contributed by atoms with van der Waals surface area (Å²) in [5, 5.41) is 3.76. The zero-order valence-corrected chi connectivity index (χ0v) is 27.0. The number of anilines is 1. The van der Waals surface area contributed by atoms with E-state index in [-0.39, 0.29) is 54.5 Å². The number of benzene rings is 2. The molecule has 1 aromatic heterocycles. The van der Waals surface area contributed by atoms with Gasteiger partial charge < -0.3 is 33.6 Å². The van der Waals surface area contributed by atoms with Gasteiger partial charge >= 0.3 is 0 Å². The Bertz CT molecular complexity index is 1520. The Labute approximate surface area is 270 Å². The van der Waals surface area contributed by atoms with E-state index in [1.807, 2.05) is 54.3 Å². The van der Waals surface area contributed by atoms with Crippen molar-refractivity contribution in [3.8, 4) is 0 Å². The lowest BCUT2D eigenvalue weighted by molar-refractivity contribution is -0.133. The maximum atomic E-state index is 13.9. The molecule has 0 unspecified atom stereocenters. The lowest BCUT2D eigenvalue weighted by Crippen LogP contribution is -2.41. The molecule has 1 aliphatic carbocycles. The summed E-state index contributed by atoms with van der Waals surface area (Å²) < 4.78 is 23.3. The van der Waals surface area contributed by atoms with E-state index in [0.29, 0.717) is 30.0 Å². The summed E-state index contributed by atoms with van der Waals surface area (Å²) in [5.41, 5.74) is 3.61. The minimum absolute atomic E-state index is 0.00617. The van der Waals surface area contributed by atoms with Crippen molar-refractivity contribution in [2.24, 2.45) is 5.92 Å². The van der Waals surface area contributed by atoms with Gasteiger partial charge in [-0.05, 0) is 62.3 Å². The number of furan rings is 1. The first-order chi connectivity index (χ1) is 22.4. The number of nitrogens with zero attached hydrogens (tertiary/aromatic N) is 2. The van der Waals surface area contributed by atoms with Gasteiger partial charge in [0.2, 0.25) is 5.91 Å². The summed E-state index contributed by atoms with van der Waals surface area (Å²) in [6.07, 6.45) is 7.26. The smallest absolute Gasteiger partial charge is 0.259 e. The second-order valence-corrected chi connectivity index (χ2v) is 13.0. The lowest BCUT2D eigenvalue weighted by Gasteiger charge is -2.29. The molecule has 1 N–H and O–H groups in total. The Kier molecular flexibility index (Phi) is 10.2. The van der Waals surface area contributed by atoms with Crippen molar-refractivity contribution < 1.29 is 33.0 Å². The molecule has 3 heterocycles. The number of ether oxygens (including phenoxy) is 3. The van der Waals surface area contributed by atoms with E-state index in [1.165, 1.54) is 6.26 Å². The third kappa shape index (κ3) is 7.05. The minimum atomic E-state index is -0.240. The highest BCUT2D eigenvalue weighted by molar-refractivity contribution is 6.12. The number of amides is 2. The number of aryl methyl sites for hydroxylation is 1. The standard InChI is InChI=1S/C36H45N3O7/c1-23-14-25(10-13-31(23)37-36(42)30-22-46-32-7-5-4-6-29(30)32)15-35(41)39-17-26(38-18-33(43-2)34(19-38)44-3)16-27(39)21-45-28-11-8-24(20-40)9-12-28/h4-7,10,13-14,20,22,24,26-28,33-34H,8-9,11-12,15-19,21H2,1-3H3,(H,37,42)/t24?,26-,27-,28?,33-,34+/m0/s1. The molecule has 3 aromatic rings. The van der Waals surface area contributed by atoms with Crippen LogP contribution in [0.1, 0.15) is 53.6 Å². The van der Waals surface area contributed by atoms with Crippen LogP contribution < -0.4 is 5.32 Å². The van der Waals surface area contributed by atoms with Crippen molar-refractivity contribution >= 4 is 34.8 Å². The number of carbonyl (C=O) groups excluding carboxylic acids is 3. The minimum Gasteiger partial charge on any atom is -0.463 e. The van der Waals surface area contributed by atoms with Gasteiger partial charge in [-0.1, -0.05) is 30.3 Å². The van der Waals surface area contributed by atoms with Crippen LogP contribution in [0.2, 0.25) is 0 Å². The second kappa shape index (κ2) is 14.5. The molecule has 246 valence electrons. The van der Waals surface area contributed by atoms with E-state index in [1.54, 1.807) is 14.2 Å². The Balaban J connectivity index is 1.11. The molecule has 0 spiro atoms. The molecule has 0 bridgehead atoms. The van der Waals surface area contributed by atoms with Gasteiger partial charge in [0.05, 0.1) is 42.9 Å². The largest absolute Gasteiger partial charge is 0.463 e. The van der Waals surface area contributed by atoms with Gasteiger partial charge in [-0.15, -0.1) is 0 Å². The number of aldehydes is 1. The van der Waals surface area contributed by atoms with E-state index in [0.717, 1.165) is 68.0 Å². The molecule has 2 aromatic carbocycles. The third-order valence-corrected chi connectivity index (χ3v) is 10.1. The van der Waals surface area contributed by atoms with Gasteiger partial charge in [0.25, 0.3) is 5.91 Å². The van der Waals surface area contributed by atoms with Crippen LogP contribution in [0, 0.1) is 12.8 Å². The van der Waals surface area contributed by atoms with Crippen LogP contribution in [0.25, 0.3) is 11.0 Å². The monoisotopic (exact) mass is 631 g/mol. The number of hydrogen-bond donors (Lipinski definition) is 1. The molecule has 46 heavy (non-hydrogen) atoms. The topological polar surface area (TPSA) is 111 Å². The lowest BCUT2D eigenvalue weighted by atomic mass is 9.88. The molecule has 3 aliphatic rings. The van der Waals surface area contributed by atoms with E-state index in [9.17, 15) is 14.4 Å². The molecular formula is C36H45N3O7. The highest BCUT2D eigenvalue weighted by Gasteiger charge is 2.43. The molecule has 2 aliphatic heterocycles. The number of para-hydroxylation sites is 1. The predicted octanol–water partition coefficient (Wildman–Crippen LogP) is 4.63. The van der Waals surface area contributed by atoms with Gasteiger partial charge in [0.1, 0.15) is 18.1 Å². The highest BCUT2D eigenvalue weighted by atomic mass is 16.5. The van der Waals surface area contributed by atoms with E-state index < -0.39 is 0 Å². The maximum Gasteiger partial charge on any atom is 0.259 e. The number of fused-ring (bicyclic) bond motifs is 1. The maximum absolute atomic E-state index is 13.9.